The molecular formula is C15H19N3O2. The van der Waals surface area contributed by atoms with E-state index in [1.54, 1.807) is 12.4 Å². The van der Waals surface area contributed by atoms with Gasteiger partial charge in [0.05, 0.1) is 24.7 Å². The van der Waals surface area contributed by atoms with Crippen LogP contribution >= 0.6 is 0 Å². The van der Waals surface area contributed by atoms with Gasteiger partial charge in [-0.05, 0) is 30.7 Å². The SMILES string of the molecule is CCCOc1ccc(OCc2cnc(NC)cn2)cc1. The fourth-order valence-electron chi connectivity index (χ4n) is 1.57. The largest absolute Gasteiger partial charge is 0.494 e. The summed E-state index contributed by atoms with van der Waals surface area (Å²) in [5.41, 5.74) is 0.787. The molecule has 0 atom stereocenters. The van der Waals surface area contributed by atoms with Crippen molar-refractivity contribution in [2.45, 2.75) is 20.0 Å². The Hall–Kier alpha value is -2.30. The van der Waals surface area contributed by atoms with E-state index in [9.17, 15) is 0 Å². The summed E-state index contributed by atoms with van der Waals surface area (Å²) in [5, 5.41) is 2.92. The van der Waals surface area contributed by atoms with Crippen molar-refractivity contribution in [2.75, 3.05) is 19.0 Å². The van der Waals surface area contributed by atoms with Gasteiger partial charge in [-0.3, -0.25) is 4.98 Å². The number of benzene rings is 1. The Bertz CT molecular complexity index is 512. The summed E-state index contributed by atoms with van der Waals surface area (Å²) in [7, 11) is 1.81. The van der Waals surface area contributed by atoms with Crippen molar-refractivity contribution in [3.05, 3.63) is 42.4 Å². The Balaban J connectivity index is 1.86. The summed E-state index contributed by atoms with van der Waals surface area (Å²) in [6.07, 6.45) is 4.38. The molecule has 5 heteroatoms. The molecule has 0 radical (unpaired) electrons. The van der Waals surface area contributed by atoms with Crippen molar-refractivity contribution in [1.82, 2.24) is 9.97 Å². The summed E-state index contributed by atoms with van der Waals surface area (Å²) < 4.78 is 11.2. The van der Waals surface area contributed by atoms with Gasteiger partial charge in [-0.25, -0.2) is 4.98 Å². The predicted octanol–water partition coefficient (Wildman–Crippen LogP) is 2.89. The van der Waals surface area contributed by atoms with Gasteiger partial charge >= 0.3 is 0 Å². The van der Waals surface area contributed by atoms with Gasteiger partial charge in [-0.15, -0.1) is 0 Å². The van der Waals surface area contributed by atoms with Gasteiger partial charge in [0.1, 0.15) is 23.9 Å². The quantitative estimate of drug-likeness (QED) is 0.840. The molecule has 0 bridgehead atoms. The van der Waals surface area contributed by atoms with Crippen LogP contribution in [-0.2, 0) is 6.61 Å². The zero-order valence-electron chi connectivity index (χ0n) is 11.8. The highest BCUT2D eigenvalue weighted by Gasteiger charge is 1.99. The molecule has 0 aliphatic carbocycles. The smallest absolute Gasteiger partial charge is 0.144 e. The highest BCUT2D eigenvalue weighted by molar-refractivity contribution is 5.32. The van der Waals surface area contributed by atoms with E-state index in [0.717, 1.165) is 36.0 Å². The Kier molecular flexibility index (Phi) is 5.17. The number of hydrogen-bond acceptors (Lipinski definition) is 5. The van der Waals surface area contributed by atoms with Crippen LogP contribution < -0.4 is 14.8 Å². The van der Waals surface area contributed by atoms with Crippen LogP contribution in [0.3, 0.4) is 0 Å². The molecule has 20 heavy (non-hydrogen) atoms. The van der Waals surface area contributed by atoms with E-state index in [1.165, 1.54) is 0 Å². The van der Waals surface area contributed by atoms with Gasteiger partial charge < -0.3 is 14.8 Å². The fraction of sp³-hybridized carbons (Fsp3) is 0.333. The van der Waals surface area contributed by atoms with Crippen molar-refractivity contribution in [2.24, 2.45) is 0 Å². The molecule has 0 fully saturated rings. The molecule has 0 amide bonds. The standard InChI is InChI=1S/C15H19N3O2/c1-3-8-19-13-4-6-14(7-5-13)20-11-12-9-18-15(16-2)10-17-12/h4-7,9-10H,3,8,11H2,1-2H3,(H,16,18). The second kappa shape index (κ2) is 7.33. The van der Waals surface area contributed by atoms with Crippen LogP contribution in [0.2, 0.25) is 0 Å². The molecule has 0 aliphatic rings. The van der Waals surface area contributed by atoms with E-state index in [4.69, 9.17) is 9.47 Å². The lowest BCUT2D eigenvalue weighted by Gasteiger charge is -2.08. The van der Waals surface area contributed by atoms with E-state index in [0.29, 0.717) is 6.61 Å². The normalized spacial score (nSPS) is 10.1. The molecule has 0 aliphatic heterocycles. The third-order valence-corrected chi connectivity index (χ3v) is 2.64. The molecular weight excluding hydrogens is 254 g/mol. The van der Waals surface area contributed by atoms with Crippen molar-refractivity contribution >= 4 is 5.82 Å². The Morgan fingerprint density at radius 1 is 1.00 bits per heavy atom. The van der Waals surface area contributed by atoms with Crippen LogP contribution in [-0.4, -0.2) is 23.6 Å². The molecule has 1 aromatic heterocycles. The molecule has 1 N–H and O–H groups in total. The number of nitrogens with one attached hydrogen (secondary N) is 1. The van der Waals surface area contributed by atoms with Gasteiger partial charge in [0.2, 0.25) is 0 Å². The highest BCUT2D eigenvalue weighted by atomic mass is 16.5. The minimum absolute atomic E-state index is 0.395. The van der Waals surface area contributed by atoms with Crippen LogP contribution in [0.1, 0.15) is 19.0 Å². The van der Waals surface area contributed by atoms with Crippen molar-refractivity contribution in [3.8, 4) is 11.5 Å². The summed E-state index contributed by atoms with van der Waals surface area (Å²) in [6, 6.07) is 7.59. The maximum Gasteiger partial charge on any atom is 0.144 e. The number of ether oxygens (including phenoxy) is 2. The van der Waals surface area contributed by atoms with Crippen LogP contribution in [0.4, 0.5) is 5.82 Å². The Morgan fingerprint density at radius 3 is 2.25 bits per heavy atom. The first-order valence-corrected chi connectivity index (χ1v) is 6.66. The Labute approximate surface area is 119 Å². The highest BCUT2D eigenvalue weighted by Crippen LogP contribution is 2.18. The molecule has 0 saturated carbocycles. The summed E-state index contributed by atoms with van der Waals surface area (Å²) in [6.45, 7) is 3.21. The lowest BCUT2D eigenvalue weighted by molar-refractivity contribution is 0.297. The zero-order valence-corrected chi connectivity index (χ0v) is 11.8. The average Bonchev–Trinajstić information content (AvgIpc) is 2.52. The third kappa shape index (κ3) is 4.12. The molecule has 0 saturated heterocycles. The van der Waals surface area contributed by atoms with E-state index >= 15 is 0 Å². The number of anilines is 1. The van der Waals surface area contributed by atoms with Crippen LogP contribution in [0.5, 0.6) is 11.5 Å². The van der Waals surface area contributed by atoms with Crippen molar-refractivity contribution < 1.29 is 9.47 Å². The lowest BCUT2D eigenvalue weighted by atomic mass is 10.3. The lowest BCUT2D eigenvalue weighted by Crippen LogP contribution is -2.01. The summed E-state index contributed by atoms with van der Waals surface area (Å²) >= 11 is 0. The van der Waals surface area contributed by atoms with E-state index in [1.807, 2.05) is 31.3 Å². The van der Waals surface area contributed by atoms with Gasteiger partial charge in [0.15, 0.2) is 0 Å². The van der Waals surface area contributed by atoms with E-state index in [2.05, 4.69) is 22.2 Å². The number of aromatic nitrogens is 2. The van der Waals surface area contributed by atoms with Crippen molar-refractivity contribution in [3.63, 3.8) is 0 Å². The maximum absolute atomic E-state index is 5.65. The van der Waals surface area contributed by atoms with Crippen LogP contribution in [0, 0.1) is 0 Å². The van der Waals surface area contributed by atoms with Gasteiger partial charge in [0, 0.05) is 7.05 Å². The monoisotopic (exact) mass is 273 g/mol. The first kappa shape index (κ1) is 14.1. The fourth-order valence-corrected chi connectivity index (χ4v) is 1.57. The average molecular weight is 273 g/mol. The van der Waals surface area contributed by atoms with Crippen LogP contribution in [0.15, 0.2) is 36.7 Å². The molecule has 2 aromatic rings. The Morgan fingerprint density at radius 2 is 1.70 bits per heavy atom. The molecule has 1 aromatic carbocycles. The summed E-state index contributed by atoms with van der Waals surface area (Å²) in [5.74, 6) is 2.39. The van der Waals surface area contributed by atoms with E-state index < -0.39 is 0 Å². The first-order valence-electron chi connectivity index (χ1n) is 6.66. The van der Waals surface area contributed by atoms with Gasteiger partial charge in [0.25, 0.3) is 0 Å². The predicted molar refractivity (Wildman–Crippen MR) is 78.1 cm³/mol. The topological polar surface area (TPSA) is 56.3 Å². The molecule has 0 spiro atoms. The molecule has 0 unspecified atom stereocenters. The van der Waals surface area contributed by atoms with E-state index in [-0.39, 0.29) is 0 Å². The number of hydrogen-bond donors (Lipinski definition) is 1. The zero-order chi connectivity index (χ0) is 14.2. The number of nitrogens with zero attached hydrogens (tertiary/aromatic N) is 2. The second-order valence-electron chi connectivity index (χ2n) is 4.25. The van der Waals surface area contributed by atoms with Crippen molar-refractivity contribution in [1.29, 1.82) is 0 Å². The number of rotatable bonds is 7. The minimum Gasteiger partial charge on any atom is -0.494 e. The third-order valence-electron chi connectivity index (χ3n) is 2.64. The minimum atomic E-state index is 0.395. The second-order valence-corrected chi connectivity index (χ2v) is 4.25. The summed E-state index contributed by atoms with van der Waals surface area (Å²) in [4.78, 5) is 8.43. The molecule has 5 nitrogen and oxygen atoms in total. The van der Waals surface area contributed by atoms with Gasteiger partial charge in [-0.2, -0.15) is 0 Å². The first-order chi connectivity index (χ1) is 9.81. The van der Waals surface area contributed by atoms with Gasteiger partial charge in [-0.1, -0.05) is 6.92 Å². The molecule has 106 valence electrons. The van der Waals surface area contributed by atoms with Crippen LogP contribution in [0.25, 0.3) is 0 Å². The molecule has 2 rings (SSSR count). The molecule has 1 heterocycles. The maximum atomic E-state index is 5.65.